The number of carbonyl (C=O) groups is 1. The molecule has 0 spiro atoms. The van der Waals surface area contributed by atoms with Crippen molar-refractivity contribution in [3.8, 4) is 0 Å². The minimum absolute atomic E-state index is 0. The summed E-state index contributed by atoms with van der Waals surface area (Å²) in [6.45, 7) is 7.28. The summed E-state index contributed by atoms with van der Waals surface area (Å²) in [5.74, 6) is 0.00620. The van der Waals surface area contributed by atoms with Crippen molar-refractivity contribution in [2.45, 2.75) is 20.0 Å². The zero-order valence-electron chi connectivity index (χ0n) is 13.3. The predicted molar refractivity (Wildman–Crippen MR) is 89.9 cm³/mol. The maximum atomic E-state index is 12.6. The zero-order chi connectivity index (χ0) is 15.7. The van der Waals surface area contributed by atoms with E-state index in [4.69, 9.17) is 0 Å². The van der Waals surface area contributed by atoms with Crippen molar-refractivity contribution in [1.82, 2.24) is 25.0 Å². The number of H-pyrrole nitrogens is 1. The molecule has 3 heterocycles. The van der Waals surface area contributed by atoms with E-state index in [1.54, 1.807) is 13.1 Å². The standard InChI is InChI=1S/C15H21N5O2.ClH/c1-10(21)9-19-3-5-20(6-4-19)15(22)12-7-13-11(2)17-18-14(13)16-8-12;/h7-8,10,21H,3-6,9H2,1-2H3,(H,16,17,18);1H. The van der Waals surface area contributed by atoms with Crippen LogP contribution >= 0.6 is 12.4 Å². The molecule has 1 atom stereocenters. The molecular formula is C15H22ClN5O2. The summed E-state index contributed by atoms with van der Waals surface area (Å²) in [6.07, 6.45) is 1.26. The molecule has 7 nitrogen and oxygen atoms in total. The molecular weight excluding hydrogens is 318 g/mol. The Labute approximate surface area is 141 Å². The van der Waals surface area contributed by atoms with E-state index in [-0.39, 0.29) is 24.4 Å². The van der Waals surface area contributed by atoms with Gasteiger partial charge in [-0.25, -0.2) is 4.98 Å². The Morgan fingerprint density at radius 1 is 1.39 bits per heavy atom. The van der Waals surface area contributed by atoms with Crippen LogP contribution < -0.4 is 0 Å². The first kappa shape index (κ1) is 17.7. The van der Waals surface area contributed by atoms with Crippen LogP contribution in [0, 0.1) is 6.92 Å². The molecule has 1 aliphatic rings. The fourth-order valence-electron chi connectivity index (χ4n) is 2.83. The van der Waals surface area contributed by atoms with Gasteiger partial charge in [0.05, 0.1) is 11.7 Å². The second-order valence-electron chi connectivity index (χ2n) is 5.89. The number of aromatic nitrogens is 3. The fraction of sp³-hybridized carbons (Fsp3) is 0.533. The third kappa shape index (κ3) is 3.80. The van der Waals surface area contributed by atoms with Gasteiger partial charge in [0.15, 0.2) is 5.65 Å². The predicted octanol–water partition coefficient (Wildman–Crippen LogP) is 0.827. The molecule has 126 valence electrons. The van der Waals surface area contributed by atoms with Gasteiger partial charge < -0.3 is 10.0 Å². The van der Waals surface area contributed by atoms with Crippen LogP contribution in [0.15, 0.2) is 12.3 Å². The largest absolute Gasteiger partial charge is 0.392 e. The zero-order valence-corrected chi connectivity index (χ0v) is 14.1. The Hall–Kier alpha value is -1.70. The van der Waals surface area contributed by atoms with Crippen molar-refractivity contribution < 1.29 is 9.90 Å². The molecule has 3 rings (SSSR count). The number of carbonyl (C=O) groups excluding carboxylic acids is 1. The van der Waals surface area contributed by atoms with Crippen LogP contribution in [0.2, 0.25) is 0 Å². The van der Waals surface area contributed by atoms with Crippen molar-refractivity contribution in [2.24, 2.45) is 0 Å². The van der Waals surface area contributed by atoms with Crippen molar-refractivity contribution in [3.05, 3.63) is 23.5 Å². The highest BCUT2D eigenvalue weighted by atomic mass is 35.5. The normalized spacial score (nSPS) is 17.1. The topological polar surface area (TPSA) is 85.4 Å². The van der Waals surface area contributed by atoms with Crippen LogP contribution in [0.25, 0.3) is 11.0 Å². The van der Waals surface area contributed by atoms with E-state index in [1.165, 1.54) is 0 Å². The molecule has 0 saturated carbocycles. The lowest BCUT2D eigenvalue weighted by atomic mass is 10.1. The van der Waals surface area contributed by atoms with Gasteiger partial charge >= 0.3 is 0 Å². The maximum absolute atomic E-state index is 12.6. The quantitative estimate of drug-likeness (QED) is 0.865. The highest BCUT2D eigenvalue weighted by molar-refractivity contribution is 5.97. The van der Waals surface area contributed by atoms with E-state index in [1.807, 2.05) is 17.9 Å². The third-order valence-corrected chi connectivity index (χ3v) is 4.03. The van der Waals surface area contributed by atoms with E-state index in [0.717, 1.165) is 24.2 Å². The van der Waals surface area contributed by atoms with Gasteiger partial charge in [-0.05, 0) is 19.9 Å². The molecule has 1 fully saturated rings. The molecule has 1 saturated heterocycles. The van der Waals surface area contributed by atoms with Gasteiger partial charge in [0, 0.05) is 50.0 Å². The molecule has 23 heavy (non-hydrogen) atoms. The smallest absolute Gasteiger partial charge is 0.255 e. The van der Waals surface area contributed by atoms with Crippen LogP contribution in [0.4, 0.5) is 0 Å². The number of aromatic amines is 1. The van der Waals surface area contributed by atoms with Crippen LogP contribution in [-0.2, 0) is 0 Å². The number of aryl methyl sites for hydroxylation is 1. The molecule has 0 bridgehead atoms. The first-order valence-corrected chi connectivity index (χ1v) is 7.55. The van der Waals surface area contributed by atoms with Crippen LogP contribution in [0.5, 0.6) is 0 Å². The summed E-state index contributed by atoms with van der Waals surface area (Å²) in [6, 6.07) is 1.85. The molecule has 2 N–H and O–H groups in total. The number of nitrogens with zero attached hydrogens (tertiary/aromatic N) is 4. The lowest BCUT2D eigenvalue weighted by Gasteiger charge is -2.35. The molecule has 1 amide bonds. The van der Waals surface area contributed by atoms with Crippen molar-refractivity contribution in [3.63, 3.8) is 0 Å². The first-order chi connectivity index (χ1) is 10.5. The number of hydrogen-bond donors (Lipinski definition) is 2. The monoisotopic (exact) mass is 339 g/mol. The fourth-order valence-corrected chi connectivity index (χ4v) is 2.83. The van der Waals surface area contributed by atoms with E-state index < -0.39 is 0 Å². The Morgan fingerprint density at radius 2 is 2.09 bits per heavy atom. The number of pyridine rings is 1. The number of amides is 1. The van der Waals surface area contributed by atoms with Crippen molar-refractivity contribution in [2.75, 3.05) is 32.7 Å². The van der Waals surface area contributed by atoms with Gasteiger partial charge in [-0.15, -0.1) is 12.4 Å². The highest BCUT2D eigenvalue weighted by Crippen LogP contribution is 2.16. The lowest BCUT2D eigenvalue weighted by molar-refractivity contribution is 0.0554. The number of nitrogens with one attached hydrogen (secondary N) is 1. The average molecular weight is 340 g/mol. The minimum Gasteiger partial charge on any atom is -0.392 e. The number of aliphatic hydroxyl groups excluding tert-OH is 1. The highest BCUT2D eigenvalue weighted by Gasteiger charge is 2.23. The molecule has 1 aliphatic heterocycles. The number of rotatable bonds is 3. The number of aliphatic hydroxyl groups is 1. The SMILES string of the molecule is Cc1[nH]nc2ncc(C(=O)N3CCN(CC(C)O)CC3)cc12.Cl. The number of hydrogen-bond acceptors (Lipinski definition) is 5. The van der Waals surface area contributed by atoms with Gasteiger partial charge in [0.25, 0.3) is 5.91 Å². The van der Waals surface area contributed by atoms with Gasteiger partial charge in [0.1, 0.15) is 0 Å². The summed E-state index contributed by atoms with van der Waals surface area (Å²) in [4.78, 5) is 20.9. The lowest BCUT2D eigenvalue weighted by Crippen LogP contribution is -2.50. The van der Waals surface area contributed by atoms with Gasteiger partial charge in [-0.2, -0.15) is 5.10 Å². The average Bonchev–Trinajstić information content (AvgIpc) is 2.88. The number of halogens is 1. The number of β-amino-alcohol motifs (C(OH)–C–C–N with tert-alkyl or cyclic N) is 1. The molecule has 8 heteroatoms. The Morgan fingerprint density at radius 3 is 2.74 bits per heavy atom. The molecule has 1 unspecified atom stereocenters. The second kappa shape index (κ2) is 7.25. The summed E-state index contributed by atoms with van der Waals surface area (Å²) < 4.78 is 0. The van der Waals surface area contributed by atoms with Gasteiger partial charge in [-0.3, -0.25) is 14.8 Å². The molecule has 2 aromatic heterocycles. The first-order valence-electron chi connectivity index (χ1n) is 7.55. The van der Waals surface area contributed by atoms with Crippen molar-refractivity contribution in [1.29, 1.82) is 0 Å². The van der Waals surface area contributed by atoms with Crippen LogP contribution in [0.1, 0.15) is 23.0 Å². The second-order valence-corrected chi connectivity index (χ2v) is 5.89. The Kier molecular flexibility index (Phi) is 5.56. The summed E-state index contributed by atoms with van der Waals surface area (Å²) in [5.41, 5.74) is 2.15. The van der Waals surface area contributed by atoms with E-state index in [9.17, 15) is 9.90 Å². The Bertz CT molecular complexity index is 680. The molecule has 0 aromatic carbocycles. The van der Waals surface area contributed by atoms with Gasteiger partial charge in [-0.1, -0.05) is 0 Å². The van der Waals surface area contributed by atoms with Crippen molar-refractivity contribution >= 4 is 29.3 Å². The molecule has 0 aliphatic carbocycles. The summed E-state index contributed by atoms with van der Waals surface area (Å²) in [5, 5.41) is 17.3. The maximum Gasteiger partial charge on any atom is 0.255 e. The van der Waals surface area contributed by atoms with Crippen LogP contribution in [0.3, 0.4) is 0 Å². The molecule has 0 radical (unpaired) electrons. The van der Waals surface area contributed by atoms with Crippen LogP contribution in [-0.4, -0.2) is 74.8 Å². The number of fused-ring (bicyclic) bond motifs is 1. The third-order valence-electron chi connectivity index (χ3n) is 4.03. The Balaban J connectivity index is 0.00000192. The van der Waals surface area contributed by atoms with Gasteiger partial charge in [0.2, 0.25) is 0 Å². The minimum atomic E-state index is -0.335. The van der Waals surface area contributed by atoms with E-state index in [0.29, 0.717) is 30.8 Å². The summed E-state index contributed by atoms with van der Waals surface area (Å²) >= 11 is 0. The van der Waals surface area contributed by atoms with E-state index >= 15 is 0 Å². The van der Waals surface area contributed by atoms with E-state index in [2.05, 4.69) is 20.1 Å². The summed E-state index contributed by atoms with van der Waals surface area (Å²) in [7, 11) is 0. The number of piperazine rings is 1. The molecule has 2 aromatic rings.